The Balaban J connectivity index is 2.28. The van der Waals surface area contributed by atoms with Gasteiger partial charge in [0.05, 0.1) is 11.2 Å². The highest BCUT2D eigenvalue weighted by molar-refractivity contribution is 5.99. The summed E-state index contributed by atoms with van der Waals surface area (Å²) in [6.07, 6.45) is 1.71. The molecule has 1 unspecified atom stereocenters. The molecule has 2 rings (SSSR count). The fourth-order valence-electron chi connectivity index (χ4n) is 2.39. The standard InChI is InChI=1S/C13H19N3O2/c1-13(18)5-2-6-16(8-13)9-3-4-11(14)10(7-9)12(15)17/h3-4,7,18H,2,5-6,8,14H2,1H3,(H2,15,17). The number of primary amides is 1. The number of nitrogen functional groups attached to an aromatic ring is 1. The smallest absolute Gasteiger partial charge is 0.250 e. The van der Waals surface area contributed by atoms with Gasteiger partial charge in [0.2, 0.25) is 0 Å². The van der Waals surface area contributed by atoms with Gasteiger partial charge in [0.15, 0.2) is 0 Å². The van der Waals surface area contributed by atoms with E-state index in [4.69, 9.17) is 11.5 Å². The maximum absolute atomic E-state index is 11.3. The second-order valence-corrected chi connectivity index (χ2v) is 5.16. The molecule has 0 radical (unpaired) electrons. The van der Waals surface area contributed by atoms with Gasteiger partial charge in [-0.15, -0.1) is 0 Å². The number of β-amino-alcohol motifs (C(OH)–C–C–N with tert-alkyl or cyclic N) is 1. The van der Waals surface area contributed by atoms with Crippen molar-refractivity contribution in [1.82, 2.24) is 0 Å². The summed E-state index contributed by atoms with van der Waals surface area (Å²) in [7, 11) is 0. The van der Waals surface area contributed by atoms with Crippen LogP contribution >= 0.6 is 0 Å². The topological polar surface area (TPSA) is 92.6 Å². The van der Waals surface area contributed by atoms with Crippen LogP contribution in [0.5, 0.6) is 0 Å². The second-order valence-electron chi connectivity index (χ2n) is 5.16. The number of nitrogens with two attached hydrogens (primary N) is 2. The zero-order valence-corrected chi connectivity index (χ0v) is 10.5. The summed E-state index contributed by atoms with van der Waals surface area (Å²) in [5.41, 5.74) is 11.9. The van der Waals surface area contributed by atoms with Crippen molar-refractivity contribution >= 4 is 17.3 Å². The lowest BCUT2D eigenvalue weighted by Crippen LogP contribution is -2.46. The molecule has 0 aromatic heterocycles. The fourth-order valence-corrected chi connectivity index (χ4v) is 2.39. The summed E-state index contributed by atoms with van der Waals surface area (Å²) in [4.78, 5) is 13.3. The van der Waals surface area contributed by atoms with Crippen LogP contribution in [-0.4, -0.2) is 29.7 Å². The maximum atomic E-state index is 11.3. The zero-order chi connectivity index (χ0) is 13.3. The molecule has 0 bridgehead atoms. The van der Waals surface area contributed by atoms with E-state index in [-0.39, 0.29) is 0 Å². The van der Waals surface area contributed by atoms with Crippen molar-refractivity contribution in [1.29, 1.82) is 0 Å². The molecule has 1 heterocycles. The molecule has 5 heteroatoms. The number of hydrogen-bond donors (Lipinski definition) is 3. The third-order valence-electron chi connectivity index (χ3n) is 3.34. The molecule has 1 amide bonds. The highest BCUT2D eigenvalue weighted by atomic mass is 16.3. The maximum Gasteiger partial charge on any atom is 0.250 e. The molecule has 5 nitrogen and oxygen atoms in total. The van der Waals surface area contributed by atoms with Crippen molar-refractivity contribution in [3.8, 4) is 0 Å². The molecule has 1 aromatic carbocycles. The molecular formula is C13H19N3O2. The lowest BCUT2D eigenvalue weighted by Gasteiger charge is -2.38. The van der Waals surface area contributed by atoms with Gasteiger partial charge in [-0.05, 0) is 38.0 Å². The van der Waals surface area contributed by atoms with Gasteiger partial charge in [-0.25, -0.2) is 0 Å². The molecule has 98 valence electrons. The number of carbonyl (C=O) groups excluding carboxylic acids is 1. The Morgan fingerprint density at radius 3 is 2.83 bits per heavy atom. The molecule has 5 N–H and O–H groups in total. The molecule has 1 atom stereocenters. The van der Waals surface area contributed by atoms with E-state index >= 15 is 0 Å². The summed E-state index contributed by atoms with van der Waals surface area (Å²) in [6, 6.07) is 5.22. The van der Waals surface area contributed by atoms with Gasteiger partial charge >= 0.3 is 0 Å². The first-order valence-electron chi connectivity index (χ1n) is 6.06. The summed E-state index contributed by atoms with van der Waals surface area (Å²) in [6.45, 7) is 3.23. The first kappa shape index (κ1) is 12.7. The van der Waals surface area contributed by atoms with Crippen LogP contribution in [-0.2, 0) is 0 Å². The molecular weight excluding hydrogens is 230 g/mol. The molecule has 0 saturated carbocycles. The number of rotatable bonds is 2. The minimum atomic E-state index is -0.688. The molecule has 1 saturated heterocycles. The van der Waals surface area contributed by atoms with Crippen LogP contribution in [0.2, 0.25) is 0 Å². The zero-order valence-electron chi connectivity index (χ0n) is 10.5. The first-order chi connectivity index (χ1) is 8.39. The molecule has 0 spiro atoms. The Labute approximate surface area is 106 Å². The minimum absolute atomic E-state index is 0.331. The fraction of sp³-hybridized carbons (Fsp3) is 0.462. The average molecular weight is 249 g/mol. The number of carbonyl (C=O) groups is 1. The summed E-state index contributed by atoms with van der Waals surface area (Å²) >= 11 is 0. The highest BCUT2D eigenvalue weighted by Gasteiger charge is 2.28. The molecule has 1 aliphatic heterocycles. The molecule has 18 heavy (non-hydrogen) atoms. The number of benzene rings is 1. The quantitative estimate of drug-likeness (QED) is 0.673. The van der Waals surface area contributed by atoms with Gasteiger partial charge in [-0.1, -0.05) is 0 Å². The van der Waals surface area contributed by atoms with Crippen LogP contribution in [0.25, 0.3) is 0 Å². The minimum Gasteiger partial charge on any atom is -0.398 e. The van der Waals surface area contributed by atoms with Gasteiger partial charge in [-0.3, -0.25) is 4.79 Å². The van der Waals surface area contributed by atoms with Gasteiger partial charge in [0, 0.05) is 24.5 Å². The number of nitrogens with zero attached hydrogens (tertiary/aromatic N) is 1. The van der Waals surface area contributed by atoms with Crippen LogP contribution in [0, 0.1) is 0 Å². The van der Waals surface area contributed by atoms with Crippen molar-refractivity contribution in [3.05, 3.63) is 23.8 Å². The number of amides is 1. The van der Waals surface area contributed by atoms with Crippen LogP contribution < -0.4 is 16.4 Å². The SMILES string of the molecule is CC1(O)CCCN(c2ccc(N)c(C(N)=O)c2)C1. The second kappa shape index (κ2) is 4.49. The van der Waals surface area contributed by atoms with E-state index in [0.717, 1.165) is 25.1 Å². The van der Waals surface area contributed by atoms with E-state index in [0.29, 0.717) is 17.8 Å². The van der Waals surface area contributed by atoms with E-state index < -0.39 is 11.5 Å². The third-order valence-corrected chi connectivity index (χ3v) is 3.34. The molecule has 1 aliphatic rings. The first-order valence-corrected chi connectivity index (χ1v) is 6.06. The highest BCUT2D eigenvalue weighted by Crippen LogP contribution is 2.27. The van der Waals surface area contributed by atoms with Crippen molar-refractivity contribution in [2.24, 2.45) is 5.73 Å². The van der Waals surface area contributed by atoms with Crippen molar-refractivity contribution in [2.45, 2.75) is 25.4 Å². The Kier molecular flexibility index (Phi) is 3.17. The van der Waals surface area contributed by atoms with Crippen molar-refractivity contribution < 1.29 is 9.90 Å². The van der Waals surface area contributed by atoms with Gasteiger partial charge < -0.3 is 21.5 Å². The number of piperidine rings is 1. The van der Waals surface area contributed by atoms with Gasteiger partial charge in [0.25, 0.3) is 5.91 Å². The van der Waals surface area contributed by atoms with E-state index in [9.17, 15) is 9.90 Å². The predicted octanol–water partition coefficient (Wildman–Crippen LogP) is 0.719. The van der Waals surface area contributed by atoms with Crippen molar-refractivity contribution in [2.75, 3.05) is 23.7 Å². The van der Waals surface area contributed by atoms with E-state index in [2.05, 4.69) is 4.90 Å². The van der Waals surface area contributed by atoms with Gasteiger partial charge in [0.1, 0.15) is 0 Å². The van der Waals surface area contributed by atoms with E-state index in [1.807, 2.05) is 13.0 Å². The summed E-state index contributed by atoms with van der Waals surface area (Å²) in [5, 5.41) is 10.1. The Morgan fingerprint density at radius 2 is 2.22 bits per heavy atom. The number of aliphatic hydroxyl groups is 1. The number of anilines is 2. The summed E-state index contributed by atoms with van der Waals surface area (Å²) < 4.78 is 0. The van der Waals surface area contributed by atoms with Crippen LogP contribution in [0.3, 0.4) is 0 Å². The Hall–Kier alpha value is -1.75. The van der Waals surface area contributed by atoms with Crippen LogP contribution in [0.4, 0.5) is 11.4 Å². The Bertz CT molecular complexity index is 471. The lowest BCUT2D eigenvalue weighted by atomic mass is 9.94. The van der Waals surface area contributed by atoms with Gasteiger partial charge in [-0.2, -0.15) is 0 Å². The molecule has 0 aliphatic carbocycles. The molecule has 1 fully saturated rings. The van der Waals surface area contributed by atoms with E-state index in [1.165, 1.54) is 0 Å². The van der Waals surface area contributed by atoms with Crippen molar-refractivity contribution in [3.63, 3.8) is 0 Å². The largest absolute Gasteiger partial charge is 0.398 e. The predicted molar refractivity (Wildman–Crippen MR) is 71.4 cm³/mol. The summed E-state index contributed by atoms with van der Waals surface area (Å²) in [5.74, 6) is -0.530. The average Bonchev–Trinajstić information content (AvgIpc) is 2.27. The van der Waals surface area contributed by atoms with Crippen LogP contribution in [0.1, 0.15) is 30.1 Å². The van der Waals surface area contributed by atoms with E-state index in [1.54, 1.807) is 12.1 Å². The monoisotopic (exact) mass is 249 g/mol. The lowest BCUT2D eigenvalue weighted by molar-refractivity contribution is 0.0449. The normalized spacial score (nSPS) is 24.0. The molecule has 1 aromatic rings. The third kappa shape index (κ3) is 2.56. The number of hydrogen-bond acceptors (Lipinski definition) is 4. The van der Waals surface area contributed by atoms with Crippen LogP contribution in [0.15, 0.2) is 18.2 Å². The Morgan fingerprint density at radius 1 is 1.50 bits per heavy atom.